The lowest BCUT2D eigenvalue weighted by Crippen LogP contribution is -2.12. The van der Waals surface area contributed by atoms with Crippen LogP contribution in [0.3, 0.4) is 0 Å². The second-order valence-corrected chi connectivity index (χ2v) is 50.2. The molecule has 0 radical (unpaired) electrons. The number of hydrogen-bond donors (Lipinski definition) is 0. The van der Waals surface area contributed by atoms with Crippen molar-refractivity contribution < 1.29 is 0 Å². The van der Waals surface area contributed by atoms with Crippen molar-refractivity contribution in [2.45, 2.75) is 342 Å². The van der Waals surface area contributed by atoms with Crippen molar-refractivity contribution >= 4 is 77.0 Å². The first-order valence-electron chi connectivity index (χ1n) is 47.1. The van der Waals surface area contributed by atoms with Crippen LogP contribution in [0.25, 0.3) is 31.6 Å². The van der Waals surface area contributed by atoms with Crippen LogP contribution in [0.15, 0.2) is 300 Å². The maximum atomic E-state index is 4.25. The van der Waals surface area contributed by atoms with Crippen LogP contribution in [0.5, 0.6) is 0 Å². The summed E-state index contributed by atoms with van der Waals surface area (Å²) in [5.74, 6) is 0. The highest BCUT2D eigenvalue weighted by molar-refractivity contribution is 7.17. The Morgan fingerprint density at radius 2 is 0.705 bits per heavy atom. The molecule has 0 amide bonds. The van der Waals surface area contributed by atoms with Crippen LogP contribution in [0.1, 0.15) is 338 Å². The number of aryl methyl sites for hydroxylation is 4. The minimum absolute atomic E-state index is 0.182. The Morgan fingerprint density at radius 1 is 0.227 bits per heavy atom. The van der Waals surface area contributed by atoms with E-state index < -0.39 is 0 Å². The molecule has 0 unspecified atom stereocenters. The highest BCUT2D eigenvalue weighted by Gasteiger charge is 2.23. The van der Waals surface area contributed by atoms with Gasteiger partial charge >= 0.3 is 0 Å². The third-order valence-electron chi connectivity index (χ3n) is 22.0. The summed E-state index contributed by atoms with van der Waals surface area (Å²) in [6.07, 6.45) is 9.22. The molecule has 15 aromatic rings. The molecule has 7 aromatic heterocycles. The number of hydrogen-bond acceptors (Lipinski definition) is 8. The minimum atomic E-state index is 0.182. The Labute approximate surface area is 821 Å². The Bertz CT molecular complexity index is 5450. The zero-order valence-corrected chi connectivity index (χ0v) is 92.6. The number of thiazole rings is 1. The molecule has 8 heteroatoms. The van der Waals surface area contributed by atoms with Crippen LogP contribution in [0, 0.1) is 27.7 Å². The van der Waals surface area contributed by atoms with Crippen LogP contribution in [0.4, 0.5) is 0 Å². The van der Waals surface area contributed by atoms with E-state index in [2.05, 4.69) is 542 Å². The van der Waals surface area contributed by atoms with Gasteiger partial charge in [-0.25, -0.2) is 4.98 Å². The van der Waals surface area contributed by atoms with Gasteiger partial charge < -0.3 is 0 Å². The van der Waals surface area contributed by atoms with Crippen molar-refractivity contribution in [3.63, 3.8) is 0 Å². The number of benzene rings is 8. The second kappa shape index (κ2) is 50.9. The smallest absolute Gasteiger partial charge is 0.0794 e. The van der Waals surface area contributed by atoms with E-state index >= 15 is 0 Å². The highest BCUT2D eigenvalue weighted by atomic mass is 32.1. The van der Waals surface area contributed by atoms with Crippen molar-refractivity contribution in [1.82, 2.24) is 19.9 Å². The number of nitrogens with zero attached hydrogens (tertiary/aromatic N) is 4. The van der Waals surface area contributed by atoms with Crippen molar-refractivity contribution in [2.75, 3.05) is 0 Å². The molecule has 8 aromatic carbocycles. The van der Waals surface area contributed by atoms with Gasteiger partial charge in [0.15, 0.2) is 0 Å². The number of aromatic nitrogens is 4. The van der Waals surface area contributed by atoms with Gasteiger partial charge in [-0.05, 0) is 240 Å². The zero-order valence-electron chi connectivity index (χ0n) is 89.3. The topological polar surface area (TPSA) is 51.6 Å². The molecular weight excluding hydrogens is 1670 g/mol. The fourth-order valence-corrected chi connectivity index (χ4v) is 16.6. The van der Waals surface area contributed by atoms with Crippen molar-refractivity contribution in [3.8, 4) is 0 Å². The van der Waals surface area contributed by atoms with Gasteiger partial charge in [0.25, 0.3) is 0 Å². The third kappa shape index (κ3) is 42.5. The molecule has 0 atom stereocenters. The van der Waals surface area contributed by atoms with E-state index in [0.717, 1.165) is 5.69 Å². The molecule has 0 saturated carbocycles. The van der Waals surface area contributed by atoms with E-state index in [1.54, 1.807) is 28.9 Å². The Morgan fingerprint density at radius 3 is 1.11 bits per heavy atom. The van der Waals surface area contributed by atoms with Gasteiger partial charge in [0.05, 0.1) is 11.2 Å². The normalized spacial score (nSPS) is 11.8. The molecule has 0 spiro atoms. The molecule has 0 aliphatic carbocycles. The van der Waals surface area contributed by atoms with Gasteiger partial charge in [-0.2, -0.15) is 11.3 Å². The van der Waals surface area contributed by atoms with E-state index in [0.29, 0.717) is 10.8 Å². The summed E-state index contributed by atoms with van der Waals surface area (Å²) in [5, 5.41) is 17.6. The van der Waals surface area contributed by atoms with Crippen LogP contribution in [-0.4, -0.2) is 19.9 Å². The molecular formula is C124H170N4S4. The van der Waals surface area contributed by atoms with Crippen LogP contribution in [-0.2, 0) is 65.0 Å². The first-order chi connectivity index (χ1) is 60.8. The summed E-state index contributed by atoms with van der Waals surface area (Å²) >= 11 is 7.09. The third-order valence-corrected chi connectivity index (χ3v) is 25.6. The Kier molecular flexibility index (Phi) is 44.3. The highest BCUT2D eigenvalue weighted by Crippen LogP contribution is 2.36. The lowest BCUT2D eigenvalue weighted by molar-refractivity contribution is 0.569. The monoisotopic (exact) mass is 1840 g/mol. The lowest BCUT2D eigenvalue weighted by Gasteiger charge is -2.21. The first kappa shape index (κ1) is 115. The van der Waals surface area contributed by atoms with E-state index in [-0.39, 0.29) is 54.1 Å². The fourth-order valence-electron chi connectivity index (χ4n) is 12.9. The summed E-state index contributed by atoms with van der Waals surface area (Å²) < 4.78 is 1.40. The van der Waals surface area contributed by atoms with Crippen molar-refractivity contribution in [3.05, 3.63) is 389 Å². The van der Waals surface area contributed by atoms with Crippen molar-refractivity contribution in [2.24, 2.45) is 0 Å². The number of pyridine rings is 3. The number of thiophene rings is 3. The quantitative estimate of drug-likeness (QED) is 0.152. The van der Waals surface area contributed by atoms with Crippen LogP contribution >= 0.6 is 45.3 Å². The largest absolute Gasteiger partial charge is 0.265 e. The molecule has 0 fully saturated rings. The van der Waals surface area contributed by atoms with Gasteiger partial charge in [-0.15, -0.1) is 34.0 Å². The molecule has 710 valence electrons. The van der Waals surface area contributed by atoms with Crippen LogP contribution in [0.2, 0.25) is 0 Å². The van der Waals surface area contributed by atoms with Gasteiger partial charge in [-0.1, -0.05) is 448 Å². The van der Waals surface area contributed by atoms with E-state index in [1.165, 1.54) is 115 Å². The van der Waals surface area contributed by atoms with E-state index in [9.17, 15) is 0 Å². The molecule has 0 aliphatic heterocycles. The minimum Gasteiger partial charge on any atom is -0.265 e. The summed E-state index contributed by atoms with van der Waals surface area (Å²) in [6, 6.07) is 83.8. The molecule has 0 aliphatic rings. The van der Waals surface area contributed by atoms with Gasteiger partial charge in [0, 0.05) is 62.5 Å². The molecule has 0 saturated heterocycles. The summed E-state index contributed by atoms with van der Waals surface area (Å²) in [5.41, 5.74) is 25.4. The summed E-state index contributed by atoms with van der Waals surface area (Å²) in [7, 11) is 0. The zero-order chi connectivity index (χ0) is 99.7. The maximum Gasteiger partial charge on any atom is 0.0794 e. The molecule has 132 heavy (non-hydrogen) atoms. The van der Waals surface area contributed by atoms with Gasteiger partial charge in [-0.3, -0.25) is 15.0 Å². The van der Waals surface area contributed by atoms with E-state index in [4.69, 9.17) is 0 Å². The Balaban J connectivity index is 0.000000302. The van der Waals surface area contributed by atoms with Gasteiger partial charge in [0.2, 0.25) is 0 Å². The molecule has 15 rings (SSSR count). The number of fused-ring (bicyclic) bond motifs is 3. The maximum absolute atomic E-state index is 4.25. The van der Waals surface area contributed by atoms with Crippen molar-refractivity contribution in [1.29, 1.82) is 0 Å². The SMILES string of the molecule is CC(C)(C)c1ccc2ccccc2c1.CC(C)(C)c1cccc2ccccc12.CC(C)(C)c1ccccn1.CC(C)(C)c1cccnc1.CC(C)(C)c1cccs1.CC(C)(C)c1ccncc1.CC(C)(C)c1ccsc1.CC(C)(C)c1csc2ccccc12.CC(C)(C)c1cscn1.Cc1ccc(C(C)(C)C)cc1.Cc1ccc(C(C)(C)C)cc1C.Cc1cccc(C(C)(C)C)c1. The predicted octanol–water partition coefficient (Wildman–Crippen LogP) is 38.3. The molecule has 7 heterocycles. The standard InChI is InChI=1S/2C14H16.C12H14S.C12H18.2C11H16.3C9H13N.2C8H12S.C7H11NS/c1-14(2,3)13-10-6-8-11-7-4-5-9-12(11)13;1-14(2,3)13-9-8-11-6-4-5-7-12(11)10-13;1-12(2,3)10-8-13-11-7-5-4-6-9(10)11;1-9-6-7-11(8-10(9)2)12(3,4)5;1-9-5-7-10(8-6-9)11(2,3)4;1-9-6-5-7-10(8-9)11(2,3)4;1-9(2,3)8-4-6-10-7-5-8;1-9(2,3)8-5-4-6-10-7-8;1-9(2,3)8-6-4-5-7-10-8;1-8(2,3)7-4-5-9-6-7;1-8(2,3)7-5-4-6-9-7;1-7(2,3)6-4-9-5-8-6/h2*4-10H,1-3H3;4-8H,1-3H3;6-8H,1-5H3;2*5-8H,1-4H3;3*4-7H,1-3H3;2*4-6H,1-3H3;4-5H,1-3H3. The fraction of sp³-hybridized carbons (Fsp3) is 0.419. The first-order valence-corrected chi connectivity index (χ1v) is 50.8. The van der Waals surface area contributed by atoms with Gasteiger partial charge in [0.1, 0.15) is 0 Å². The summed E-state index contributed by atoms with van der Waals surface area (Å²) in [6.45, 7) is 88.6. The number of rotatable bonds is 0. The second-order valence-electron chi connectivity index (χ2n) is 46.8. The molecule has 4 nitrogen and oxygen atoms in total. The average Bonchev–Trinajstić information content (AvgIpc) is 1.56. The molecule has 0 bridgehead atoms. The lowest BCUT2D eigenvalue weighted by atomic mass is 9.84. The summed E-state index contributed by atoms with van der Waals surface area (Å²) in [4.78, 5) is 17.9. The van der Waals surface area contributed by atoms with Crippen LogP contribution < -0.4 is 0 Å². The predicted molar refractivity (Wildman–Crippen MR) is 596 cm³/mol. The average molecular weight is 1850 g/mol. The van der Waals surface area contributed by atoms with E-state index in [1.807, 2.05) is 71.2 Å². The Hall–Kier alpha value is -9.28. The molecule has 0 N–H and O–H groups in total.